The van der Waals surface area contributed by atoms with E-state index in [1.54, 1.807) is 24.3 Å². The summed E-state index contributed by atoms with van der Waals surface area (Å²) >= 11 is 3.24. The molecule has 0 aliphatic heterocycles. The van der Waals surface area contributed by atoms with E-state index in [4.69, 9.17) is 9.84 Å². The Morgan fingerprint density at radius 2 is 2.07 bits per heavy atom. The van der Waals surface area contributed by atoms with Gasteiger partial charge < -0.3 is 9.84 Å². The van der Waals surface area contributed by atoms with E-state index in [2.05, 4.69) is 15.9 Å². The summed E-state index contributed by atoms with van der Waals surface area (Å²) in [6, 6.07) is 6.70. The molecule has 0 aliphatic carbocycles. The van der Waals surface area contributed by atoms with Crippen molar-refractivity contribution in [2.75, 3.05) is 6.67 Å². The van der Waals surface area contributed by atoms with E-state index in [0.717, 1.165) is 4.47 Å². The van der Waals surface area contributed by atoms with Crippen LogP contribution in [0.5, 0.6) is 5.75 Å². The van der Waals surface area contributed by atoms with Gasteiger partial charge in [-0.1, -0.05) is 15.9 Å². The van der Waals surface area contributed by atoms with Gasteiger partial charge in [-0.15, -0.1) is 0 Å². The van der Waals surface area contributed by atoms with E-state index in [-0.39, 0.29) is 6.42 Å². The normalized spacial score (nSPS) is 12.1. The standard InChI is InChI=1S/C10H10BrFO3/c11-7-1-3-8(4-2-7)15-9(5-6-12)10(13)14/h1-4,9H,5-6H2,(H,13,14)/t9-/m0/s1. The average molecular weight is 277 g/mol. The first-order valence-electron chi connectivity index (χ1n) is 4.34. The van der Waals surface area contributed by atoms with Crippen molar-refractivity contribution in [2.24, 2.45) is 0 Å². The van der Waals surface area contributed by atoms with Gasteiger partial charge in [0.05, 0.1) is 6.67 Å². The van der Waals surface area contributed by atoms with Crippen LogP contribution in [0.3, 0.4) is 0 Å². The first kappa shape index (κ1) is 12.0. The number of carboxylic acids is 1. The molecule has 15 heavy (non-hydrogen) atoms. The van der Waals surface area contributed by atoms with E-state index in [1.807, 2.05) is 0 Å². The summed E-state index contributed by atoms with van der Waals surface area (Å²) in [6.07, 6.45) is -1.28. The van der Waals surface area contributed by atoms with Crippen LogP contribution in [0.4, 0.5) is 4.39 Å². The van der Waals surface area contributed by atoms with Crippen molar-refractivity contribution in [3.63, 3.8) is 0 Å². The topological polar surface area (TPSA) is 46.5 Å². The minimum absolute atomic E-state index is 0.147. The third-order valence-electron chi connectivity index (χ3n) is 1.74. The number of aliphatic carboxylic acids is 1. The van der Waals surface area contributed by atoms with Gasteiger partial charge in [-0.25, -0.2) is 4.79 Å². The third kappa shape index (κ3) is 3.87. The van der Waals surface area contributed by atoms with E-state index in [0.29, 0.717) is 5.75 Å². The molecule has 0 radical (unpaired) electrons. The lowest BCUT2D eigenvalue weighted by Crippen LogP contribution is -2.27. The minimum Gasteiger partial charge on any atom is -0.479 e. The van der Waals surface area contributed by atoms with Crippen LogP contribution in [-0.4, -0.2) is 23.9 Å². The molecule has 0 saturated heterocycles. The number of hydrogen-bond donors (Lipinski definition) is 1. The third-order valence-corrected chi connectivity index (χ3v) is 2.27. The summed E-state index contributed by atoms with van der Waals surface area (Å²) in [7, 11) is 0. The number of halogens is 2. The molecule has 1 aromatic carbocycles. The number of benzene rings is 1. The molecule has 0 amide bonds. The van der Waals surface area contributed by atoms with Crippen LogP contribution in [-0.2, 0) is 4.79 Å². The van der Waals surface area contributed by atoms with E-state index in [1.165, 1.54) is 0 Å². The van der Waals surface area contributed by atoms with Crippen LogP contribution in [0.2, 0.25) is 0 Å². The number of carbonyl (C=O) groups is 1. The van der Waals surface area contributed by atoms with Gasteiger partial charge in [0.2, 0.25) is 0 Å². The second-order valence-electron chi connectivity index (χ2n) is 2.88. The molecule has 0 spiro atoms. The van der Waals surface area contributed by atoms with E-state index in [9.17, 15) is 9.18 Å². The SMILES string of the molecule is O=C(O)[C@H](CCF)Oc1ccc(Br)cc1. The van der Waals surface area contributed by atoms with Crippen molar-refractivity contribution in [2.45, 2.75) is 12.5 Å². The van der Waals surface area contributed by atoms with Crippen LogP contribution in [0.15, 0.2) is 28.7 Å². The molecule has 0 aliphatic rings. The van der Waals surface area contributed by atoms with Gasteiger partial charge in [0.15, 0.2) is 6.10 Å². The van der Waals surface area contributed by atoms with Gasteiger partial charge in [-0.2, -0.15) is 0 Å². The molecule has 0 aromatic heterocycles. The largest absolute Gasteiger partial charge is 0.479 e. The maximum atomic E-state index is 12.0. The lowest BCUT2D eigenvalue weighted by Gasteiger charge is -2.13. The molecule has 1 rings (SSSR count). The summed E-state index contributed by atoms with van der Waals surface area (Å²) in [5, 5.41) is 8.72. The Hall–Kier alpha value is -1.10. The number of carboxylic acid groups (broad SMARTS) is 1. The van der Waals surface area contributed by atoms with Crippen molar-refractivity contribution >= 4 is 21.9 Å². The monoisotopic (exact) mass is 276 g/mol. The first-order chi connectivity index (χ1) is 7.13. The highest BCUT2D eigenvalue weighted by Gasteiger charge is 2.18. The lowest BCUT2D eigenvalue weighted by molar-refractivity contribution is -0.145. The van der Waals surface area contributed by atoms with Crippen molar-refractivity contribution in [1.82, 2.24) is 0 Å². The number of hydrogen-bond acceptors (Lipinski definition) is 2. The molecule has 1 atom stereocenters. The Bertz CT molecular complexity index is 326. The summed E-state index contributed by atoms with van der Waals surface area (Å²) in [4.78, 5) is 10.7. The predicted molar refractivity (Wildman–Crippen MR) is 56.8 cm³/mol. The Morgan fingerprint density at radius 3 is 2.53 bits per heavy atom. The smallest absolute Gasteiger partial charge is 0.344 e. The van der Waals surface area contributed by atoms with Crippen molar-refractivity contribution < 1.29 is 19.0 Å². The van der Waals surface area contributed by atoms with Gasteiger partial charge in [0.1, 0.15) is 5.75 Å². The quantitative estimate of drug-likeness (QED) is 0.900. The molecule has 0 heterocycles. The van der Waals surface area contributed by atoms with Gasteiger partial charge in [-0.05, 0) is 24.3 Å². The van der Waals surface area contributed by atoms with Crippen LogP contribution < -0.4 is 4.74 Å². The molecular weight excluding hydrogens is 267 g/mol. The molecule has 1 N–H and O–H groups in total. The lowest BCUT2D eigenvalue weighted by atomic mass is 10.2. The van der Waals surface area contributed by atoms with Gasteiger partial charge in [0.25, 0.3) is 0 Å². The Kier molecular flexibility index (Phi) is 4.55. The molecule has 0 bridgehead atoms. The van der Waals surface area contributed by atoms with Crippen molar-refractivity contribution in [3.05, 3.63) is 28.7 Å². The van der Waals surface area contributed by atoms with Gasteiger partial charge >= 0.3 is 5.97 Å². The van der Waals surface area contributed by atoms with Crippen molar-refractivity contribution in [1.29, 1.82) is 0 Å². The highest BCUT2D eigenvalue weighted by atomic mass is 79.9. The fraction of sp³-hybridized carbons (Fsp3) is 0.300. The summed E-state index contributed by atoms with van der Waals surface area (Å²) in [5.74, 6) is -0.741. The molecule has 0 saturated carbocycles. The number of ether oxygens (including phenoxy) is 1. The van der Waals surface area contributed by atoms with E-state index >= 15 is 0 Å². The van der Waals surface area contributed by atoms with Gasteiger partial charge in [0, 0.05) is 10.9 Å². The molecule has 82 valence electrons. The van der Waals surface area contributed by atoms with Crippen molar-refractivity contribution in [3.8, 4) is 5.75 Å². The van der Waals surface area contributed by atoms with Crippen LogP contribution in [0.25, 0.3) is 0 Å². The summed E-state index contributed by atoms with van der Waals surface area (Å²) in [5.41, 5.74) is 0. The zero-order chi connectivity index (χ0) is 11.3. The fourth-order valence-electron chi connectivity index (χ4n) is 1.01. The molecule has 3 nitrogen and oxygen atoms in total. The maximum absolute atomic E-state index is 12.0. The molecule has 5 heteroatoms. The molecule has 0 fully saturated rings. The van der Waals surface area contributed by atoms with E-state index < -0.39 is 18.7 Å². The molecule has 0 unspecified atom stereocenters. The zero-order valence-corrected chi connectivity index (χ0v) is 9.41. The second-order valence-corrected chi connectivity index (χ2v) is 3.79. The van der Waals surface area contributed by atoms with Gasteiger partial charge in [-0.3, -0.25) is 4.39 Å². The average Bonchev–Trinajstić information content (AvgIpc) is 2.20. The fourth-order valence-corrected chi connectivity index (χ4v) is 1.27. The van der Waals surface area contributed by atoms with Crippen LogP contribution >= 0.6 is 15.9 Å². The maximum Gasteiger partial charge on any atom is 0.344 e. The number of rotatable bonds is 5. The highest BCUT2D eigenvalue weighted by molar-refractivity contribution is 9.10. The summed E-state index contributed by atoms with van der Waals surface area (Å²) < 4.78 is 18.0. The molecular formula is C10H10BrFO3. The minimum atomic E-state index is -1.16. The predicted octanol–water partition coefficient (Wildman–Crippen LogP) is 2.64. The molecule has 1 aromatic rings. The first-order valence-corrected chi connectivity index (χ1v) is 5.14. The second kappa shape index (κ2) is 5.70. The highest BCUT2D eigenvalue weighted by Crippen LogP contribution is 2.18. The van der Waals surface area contributed by atoms with Crippen LogP contribution in [0.1, 0.15) is 6.42 Å². The Morgan fingerprint density at radius 1 is 1.47 bits per heavy atom. The zero-order valence-electron chi connectivity index (χ0n) is 7.82. The summed E-state index contributed by atoms with van der Waals surface area (Å²) in [6.45, 7) is -0.715. The Labute approximate surface area is 95.0 Å². The van der Waals surface area contributed by atoms with Crippen LogP contribution in [0, 0.1) is 0 Å². The Balaban J connectivity index is 2.65. The number of alkyl halides is 1.